The van der Waals surface area contributed by atoms with Crippen LogP contribution in [0.1, 0.15) is 78.1 Å². The monoisotopic (exact) mass is 515 g/mol. The molecule has 1 aromatic rings. The minimum absolute atomic E-state index is 0.00355. The van der Waals surface area contributed by atoms with E-state index in [1.54, 1.807) is 4.90 Å². The van der Waals surface area contributed by atoms with Crippen molar-refractivity contribution in [3.8, 4) is 0 Å². The molecule has 3 saturated heterocycles. The molecule has 6 rings (SSSR count). The third kappa shape index (κ3) is 5.09. The van der Waals surface area contributed by atoms with Crippen LogP contribution >= 0.6 is 0 Å². The molecule has 1 aromatic carbocycles. The Hall–Kier alpha value is -1.55. The summed E-state index contributed by atoms with van der Waals surface area (Å²) in [5, 5.41) is 0. The summed E-state index contributed by atoms with van der Waals surface area (Å²) >= 11 is 0. The first-order valence-electron chi connectivity index (χ1n) is 14.3. The molecule has 0 aromatic heterocycles. The van der Waals surface area contributed by atoms with Crippen LogP contribution in [0, 0.1) is 0 Å². The molecule has 0 bridgehead atoms. The number of anilines is 1. The zero-order valence-corrected chi connectivity index (χ0v) is 22.1. The van der Waals surface area contributed by atoms with Crippen molar-refractivity contribution in [1.82, 2.24) is 0 Å². The highest BCUT2D eigenvalue weighted by molar-refractivity contribution is 5.94. The third-order valence-corrected chi connectivity index (χ3v) is 8.58. The maximum Gasteiger partial charge on any atom is 0.253 e. The normalized spacial score (nSPS) is 34.3. The number of ether oxygens (including phenoxy) is 6. The number of fused-ring (bicyclic) bond motifs is 1. The first kappa shape index (κ1) is 25.7. The van der Waals surface area contributed by atoms with E-state index in [4.69, 9.17) is 28.4 Å². The fourth-order valence-corrected chi connectivity index (χ4v) is 6.82. The van der Waals surface area contributed by atoms with E-state index in [9.17, 15) is 4.79 Å². The summed E-state index contributed by atoms with van der Waals surface area (Å²) in [7, 11) is 0. The van der Waals surface area contributed by atoms with Gasteiger partial charge in [-0.3, -0.25) is 4.79 Å². The number of nitrogens with zero attached hydrogens (tertiary/aromatic N) is 1. The summed E-state index contributed by atoms with van der Waals surface area (Å²) in [6.45, 7) is 4.40. The number of rotatable bonds is 6. The molecule has 5 fully saturated rings. The van der Waals surface area contributed by atoms with E-state index in [2.05, 4.69) is 0 Å². The maximum atomic E-state index is 13.4. The van der Waals surface area contributed by atoms with Gasteiger partial charge >= 0.3 is 0 Å². The molecule has 0 N–H and O–H groups in total. The molecule has 2 spiro atoms. The summed E-state index contributed by atoms with van der Waals surface area (Å²) < 4.78 is 38.6. The van der Waals surface area contributed by atoms with Crippen LogP contribution in [0.5, 0.6) is 0 Å². The Morgan fingerprint density at radius 1 is 0.919 bits per heavy atom. The molecule has 8 nitrogen and oxygen atoms in total. The van der Waals surface area contributed by atoms with Crippen LogP contribution in [0.2, 0.25) is 0 Å². The van der Waals surface area contributed by atoms with Crippen LogP contribution in [0.4, 0.5) is 5.69 Å². The number of amides is 1. The second kappa shape index (κ2) is 10.5. The van der Waals surface area contributed by atoms with Gasteiger partial charge in [0, 0.05) is 37.4 Å². The number of para-hydroxylation sites is 1. The lowest BCUT2D eigenvalue weighted by Gasteiger charge is -2.36. The first-order chi connectivity index (χ1) is 18.0. The maximum absolute atomic E-state index is 13.4. The molecule has 37 heavy (non-hydrogen) atoms. The number of carbonyl (C=O) groups is 1. The van der Waals surface area contributed by atoms with Crippen LogP contribution in [0.15, 0.2) is 30.3 Å². The van der Waals surface area contributed by atoms with E-state index in [1.165, 1.54) is 12.8 Å². The van der Waals surface area contributed by atoms with Gasteiger partial charge in [-0.05, 0) is 51.7 Å². The molecule has 5 aliphatic rings. The SMILES string of the molecule is CC(C)N(C(=O)CO[C@@H]1[C@H]2OC3(CCCCC3)O[C@@H]2O[C@@H]1[C@@H]1COC2(CCCCC2)O1)c1ccccc1. The van der Waals surface area contributed by atoms with Crippen LogP contribution in [0.3, 0.4) is 0 Å². The van der Waals surface area contributed by atoms with Crippen molar-refractivity contribution in [3.05, 3.63) is 30.3 Å². The Morgan fingerprint density at radius 2 is 1.59 bits per heavy atom. The second-order valence-electron chi connectivity index (χ2n) is 11.5. The van der Waals surface area contributed by atoms with Gasteiger partial charge in [-0.1, -0.05) is 31.0 Å². The van der Waals surface area contributed by atoms with Crippen LogP contribution < -0.4 is 4.90 Å². The lowest BCUT2D eigenvalue weighted by Crippen LogP contribution is -2.47. The van der Waals surface area contributed by atoms with Gasteiger partial charge in [0.15, 0.2) is 17.9 Å². The highest BCUT2D eigenvalue weighted by atomic mass is 16.9. The van der Waals surface area contributed by atoms with Crippen molar-refractivity contribution < 1.29 is 33.2 Å². The Labute approximate surface area is 219 Å². The predicted octanol–water partition coefficient (Wildman–Crippen LogP) is 4.69. The first-order valence-corrected chi connectivity index (χ1v) is 14.3. The van der Waals surface area contributed by atoms with E-state index in [1.807, 2.05) is 44.2 Å². The van der Waals surface area contributed by atoms with E-state index in [0.29, 0.717) is 6.61 Å². The molecular weight excluding hydrogens is 474 g/mol. The van der Waals surface area contributed by atoms with Gasteiger partial charge < -0.3 is 33.3 Å². The average Bonchev–Trinajstić information content (AvgIpc) is 3.55. The summed E-state index contributed by atoms with van der Waals surface area (Å²) in [5.41, 5.74) is 0.858. The minimum atomic E-state index is -0.601. The lowest BCUT2D eigenvalue weighted by atomic mass is 9.94. The molecule has 2 saturated carbocycles. The Morgan fingerprint density at radius 3 is 2.27 bits per heavy atom. The largest absolute Gasteiger partial charge is 0.363 e. The molecule has 0 radical (unpaired) electrons. The van der Waals surface area contributed by atoms with Crippen molar-refractivity contribution in [2.75, 3.05) is 18.1 Å². The van der Waals surface area contributed by atoms with Gasteiger partial charge in [0.05, 0.1) is 6.61 Å². The molecule has 3 aliphatic heterocycles. The molecule has 2 aliphatic carbocycles. The minimum Gasteiger partial charge on any atom is -0.363 e. The standard InChI is InChI=1S/C29H41NO7/c1-20(2)30(21-12-6-3-7-13-21)23(31)19-32-25-24(22-18-33-28(35-22)14-8-4-9-15-28)34-27-26(25)36-29(37-27)16-10-5-11-17-29/h3,6-7,12-13,20,22,24-27H,4-5,8-11,14-19H2,1-2H3/t22-,24+,25-,26+,27-/m0/s1. The Bertz CT molecular complexity index is 927. The Balaban J connectivity index is 1.19. The zero-order valence-electron chi connectivity index (χ0n) is 22.1. The van der Waals surface area contributed by atoms with Gasteiger partial charge in [0.25, 0.3) is 5.91 Å². The second-order valence-corrected chi connectivity index (χ2v) is 11.5. The summed E-state index contributed by atoms with van der Waals surface area (Å²) in [4.78, 5) is 15.2. The van der Waals surface area contributed by atoms with Crippen molar-refractivity contribution in [2.45, 2.75) is 126 Å². The molecule has 1 amide bonds. The number of benzene rings is 1. The third-order valence-electron chi connectivity index (χ3n) is 8.58. The van der Waals surface area contributed by atoms with Gasteiger partial charge in [0.1, 0.15) is 31.0 Å². The van der Waals surface area contributed by atoms with Crippen LogP contribution in [0.25, 0.3) is 0 Å². The highest BCUT2D eigenvalue weighted by Crippen LogP contribution is 2.48. The van der Waals surface area contributed by atoms with Crippen molar-refractivity contribution in [1.29, 1.82) is 0 Å². The number of hydrogen-bond acceptors (Lipinski definition) is 7. The number of carbonyl (C=O) groups excluding carboxylic acids is 1. The van der Waals surface area contributed by atoms with E-state index >= 15 is 0 Å². The van der Waals surface area contributed by atoms with Crippen molar-refractivity contribution in [3.63, 3.8) is 0 Å². The van der Waals surface area contributed by atoms with Crippen LogP contribution in [-0.2, 0) is 33.2 Å². The Kier molecular flexibility index (Phi) is 7.33. The van der Waals surface area contributed by atoms with Gasteiger partial charge in [-0.15, -0.1) is 0 Å². The molecule has 3 heterocycles. The molecule has 0 unspecified atom stereocenters. The molecule has 5 atom stereocenters. The summed E-state index contributed by atoms with van der Waals surface area (Å²) in [5.74, 6) is -1.21. The quantitative estimate of drug-likeness (QED) is 0.544. The van der Waals surface area contributed by atoms with Gasteiger partial charge in [0.2, 0.25) is 0 Å². The number of hydrogen-bond donors (Lipinski definition) is 0. The zero-order chi connectivity index (χ0) is 25.5. The lowest BCUT2D eigenvalue weighted by molar-refractivity contribution is -0.262. The molecule has 8 heteroatoms. The fraction of sp³-hybridized carbons (Fsp3) is 0.759. The topological polar surface area (TPSA) is 75.7 Å². The predicted molar refractivity (Wildman–Crippen MR) is 136 cm³/mol. The average molecular weight is 516 g/mol. The smallest absolute Gasteiger partial charge is 0.253 e. The fourth-order valence-electron chi connectivity index (χ4n) is 6.82. The van der Waals surface area contributed by atoms with E-state index in [-0.39, 0.29) is 24.7 Å². The summed E-state index contributed by atoms with van der Waals surface area (Å²) in [6.07, 6.45) is 8.22. The molecule has 204 valence electrons. The van der Waals surface area contributed by atoms with Gasteiger partial charge in [-0.25, -0.2) is 0 Å². The summed E-state index contributed by atoms with van der Waals surface area (Å²) in [6, 6.07) is 9.72. The van der Waals surface area contributed by atoms with Crippen LogP contribution in [-0.4, -0.2) is 67.4 Å². The van der Waals surface area contributed by atoms with Gasteiger partial charge in [-0.2, -0.15) is 0 Å². The molecular formula is C29H41NO7. The van der Waals surface area contributed by atoms with E-state index in [0.717, 1.165) is 57.1 Å². The highest BCUT2D eigenvalue weighted by Gasteiger charge is 2.61. The van der Waals surface area contributed by atoms with E-state index < -0.39 is 36.2 Å². The van der Waals surface area contributed by atoms with Crippen molar-refractivity contribution >= 4 is 11.6 Å². The van der Waals surface area contributed by atoms with Crippen molar-refractivity contribution in [2.24, 2.45) is 0 Å².